The summed E-state index contributed by atoms with van der Waals surface area (Å²) >= 11 is 0. The van der Waals surface area contributed by atoms with Gasteiger partial charge in [-0.2, -0.15) is 0 Å². The van der Waals surface area contributed by atoms with E-state index >= 15 is 0 Å². The highest BCUT2D eigenvalue weighted by molar-refractivity contribution is 5.89. The van der Waals surface area contributed by atoms with Gasteiger partial charge in [-0.1, -0.05) is 48.0 Å². The topological polar surface area (TPSA) is 67.4 Å². The summed E-state index contributed by atoms with van der Waals surface area (Å²) in [5, 5.41) is 5.61. The molecule has 2 rings (SSSR count). The zero-order chi connectivity index (χ0) is 17.4. The van der Waals surface area contributed by atoms with E-state index < -0.39 is 6.04 Å². The average molecular weight is 326 g/mol. The van der Waals surface area contributed by atoms with Gasteiger partial charge in [-0.25, -0.2) is 4.79 Å². The summed E-state index contributed by atoms with van der Waals surface area (Å²) in [5.41, 5.74) is 2.66. The highest BCUT2D eigenvalue weighted by atomic mass is 16.5. The molecule has 0 aliphatic heterocycles. The molecule has 5 nitrogen and oxygen atoms in total. The van der Waals surface area contributed by atoms with E-state index in [1.54, 1.807) is 6.92 Å². The smallest absolute Gasteiger partial charge is 0.319 e. The van der Waals surface area contributed by atoms with Crippen molar-refractivity contribution in [2.45, 2.75) is 26.3 Å². The first kappa shape index (κ1) is 17.5. The molecule has 1 unspecified atom stereocenters. The number of hydrogen-bond donors (Lipinski definition) is 2. The molecule has 0 saturated heterocycles. The van der Waals surface area contributed by atoms with Gasteiger partial charge in [-0.3, -0.25) is 4.79 Å². The molecule has 0 heterocycles. The number of anilines is 1. The van der Waals surface area contributed by atoms with Crippen LogP contribution in [0, 0.1) is 6.92 Å². The number of rotatable bonds is 6. The molecule has 5 heteroatoms. The van der Waals surface area contributed by atoms with Crippen molar-refractivity contribution in [3.8, 4) is 0 Å². The standard InChI is InChI=1S/C19H22N2O3/c1-3-24-18(22)13-17(15-7-5-4-6-8-15)21-19(23)20-16-11-9-14(2)10-12-16/h4-12,17H,3,13H2,1-2H3,(H2,20,21,23). The number of esters is 1. The fourth-order valence-corrected chi connectivity index (χ4v) is 2.29. The third-order valence-corrected chi connectivity index (χ3v) is 3.49. The van der Waals surface area contributed by atoms with E-state index in [0.29, 0.717) is 12.3 Å². The highest BCUT2D eigenvalue weighted by Gasteiger charge is 2.19. The number of nitrogens with one attached hydrogen (secondary N) is 2. The van der Waals surface area contributed by atoms with Gasteiger partial charge in [0.1, 0.15) is 0 Å². The molecule has 126 valence electrons. The summed E-state index contributed by atoms with van der Waals surface area (Å²) in [4.78, 5) is 24.1. The zero-order valence-corrected chi connectivity index (χ0v) is 13.9. The Morgan fingerprint density at radius 1 is 1.04 bits per heavy atom. The van der Waals surface area contributed by atoms with E-state index in [-0.39, 0.29) is 18.4 Å². The number of hydrogen-bond acceptors (Lipinski definition) is 3. The first-order valence-electron chi connectivity index (χ1n) is 7.93. The molecule has 0 radical (unpaired) electrons. The molecule has 24 heavy (non-hydrogen) atoms. The molecule has 2 aromatic rings. The van der Waals surface area contributed by atoms with Crippen LogP contribution in [-0.4, -0.2) is 18.6 Å². The van der Waals surface area contributed by atoms with Crippen LogP contribution in [0.2, 0.25) is 0 Å². The van der Waals surface area contributed by atoms with E-state index in [2.05, 4.69) is 10.6 Å². The highest BCUT2D eigenvalue weighted by Crippen LogP contribution is 2.18. The average Bonchev–Trinajstić information content (AvgIpc) is 2.57. The minimum atomic E-state index is -0.448. The first-order valence-corrected chi connectivity index (χ1v) is 7.93. The Kier molecular flexibility index (Phi) is 6.37. The lowest BCUT2D eigenvalue weighted by atomic mass is 10.0. The van der Waals surface area contributed by atoms with Crippen LogP contribution in [-0.2, 0) is 9.53 Å². The predicted octanol–water partition coefficient (Wildman–Crippen LogP) is 3.81. The van der Waals surface area contributed by atoms with Gasteiger partial charge < -0.3 is 15.4 Å². The van der Waals surface area contributed by atoms with E-state index in [0.717, 1.165) is 11.1 Å². The zero-order valence-electron chi connectivity index (χ0n) is 13.9. The fraction of sp³-hybridized carbons (Fsp3) is 0.263. The molecule has 0 saturated carbocycles. The Morgan fingerprint density at radius 2 is 1.71 bits per heavy atom. The molecule has 2 N–H and O–H groups in total. The molecule has 0 spiro atoms. The normalized spacial score (nSPS) is 11.4. The maximum Gasteiger partial charge on any atom is 0.319 e. The number of carbonyl (C=O) groups excluding carboxylic acids is 2. The van der Waals surface area contributed by atoms with Gasteiger partial charge in [-0.05, 0) is 31.5 Å². The van der Waals surface area contributed by atoms with Gasteiger partial charge in [0.05, 0.1) is 19.1 Å². The van der Waals surface area contributed by atoms with Crippen molar-refractivity contribution < 1.29 is 14.3 Å². The lowest BCUT2D eigenvalue weighted by Gasteiger charge is -2.19. The van der Waals surface area contributed by atoms with Crippen molar-refractivity contribution in [1.82, 2.24) is 5.32 Å². The second kappa shape index (κ2) is 8.72. The third-order valence-electron chi connectivity index (χ3n) is 3.49. The maximum absolute atomic E-state index is 12.2. The van der Waals surface area contributed by atoms with Crippen molar-refractivity contribution in [2.75, 3.05) is 11.9 Å². The fourth-order valence-electron chi connectivity index (χ4n) is 2.29. The lowest BCUT2D eigenvalue weighted by molar-refractivity contribution is -0.143. The minimum Gasteiger partial charge on any atom is -0.466 e. The van der Waals surface area contributed by atoms with Gasteiger partial charge in [0, 0.05) is 5.69 Å². The van der Waals surface area contributed by atoms with Crippen molar-refractivity contribution in [2.24, 2.45) is 0 Å². The van der Waals surface area contributed by atoms with E-state index in [9.17, 15) is 9.59 Å². The summed E-state index contributed by atoms with van der Waals surface area (Å²) in [6.45, 7) is 4.05. The SMILES string of the molecule is CCOC(=O)CC(NC(=O)Nc1ccc(C)cc1)c1ccccc1. The van der Waals surface area contributed by atoms with E-state index in [4.69, 9.17) is 4.74 Å². The molecule has 0 bridgehead atoms. The molecule has 0 fully saturated rings. The molecule has 0 aliphatic carbocycles. The van der Waals surface area contributed by atoms with Gasteiger partial charge in [0.15, 0.2) is 0 Å². The summed E-state index contributed by atoms with van der Waals surface area (Å²) in [7, 11) is 0. The van der Waals surface area contributed by atoms with Crippen molar-refractivity contribution >= 4 is 17.7 Å². The minimum absolute atomic E-state index is 0.0825. The predicted molar refractivity (Wildman–Crippen MR) is 93.8 cm³/mol. The molecule has 0 aromatic heterocycles. The van der Waals surface area contributed by atoms with E-state index in [1.165, 1.54) is 0 Å². The molecule has 2 amide bonds. The summed E-state index contributed by atoms with van der Waals surface area (Å²) in [6, 6.07) is 16.1. The van der Waals surface area contributed by atoms with Crippen LogP contribution >= 0.6 is 0 Å². The van der Waals surface area contributed by atoms with Crippen molar-refractivity contribution in [1.29, 1.82) is 0 Å². The van der Waals surface area contributed by atoms with Crippen LogP contribution in [0.15, 0.2) is 54.6 Å². The summed E-state index contributed by atoms with van der Waals surface area (Å²) in [6.07, 6.45) is 0.0825. The largest absolute Gasteiger partial charge is 0.466 e. The Bertz CT molecular complexity index is 669. The second-order valence-electron chi connectivity index (χ2n) is 5.44. The lowest BCUT2D eigenvalue weighted by Crippen LogP contribution is -2.34. The van der Waals surface area contributed by atoms with E-state index in [1.807, 2.05) is 61.5 Å². The van der Waals surface area contributed by atoms with Crippen molar-refractivity contribution in [3.63, 3.8) is 0 Å². The monoisotopic (exact) mass is 326 g/mol. The molecule has 2 aromatic carbocycles. The first-order chi connectivity index (χ1) is 11.6. The Labute approximate surface area is 142 Å². The number of benzene rings is 2. The second-order valence-corrected chi connectivity index (χ2v) is 5.44. The van der Waals surface area contributed by atoms with Crippen molar-refractivity contribution in [3.05, 3.63) is 65.7 Å². The Morgan fingerprint density at radius 3 is 2.33 bits per heavy atom. The Balaban J connectivity index is 2.05. The number of amides is 2. The van der Waals surface area contributed by atoms with Crippen LogP contribution in [0.1, 0.15) is 30.5 Å². The van der Waals surface area contributed by atoms with Crippen LogP contribution < -0.4 is 10.6 Å². The van der Waals surface area contributed by atoms with Crippen LogP contribution in [0.5, 0.6) is 0 Å². The number of urea groups is 1. The van der Waals surface area contributed by atoms with Gasteiger partial charge in [0.25, 0.3) is 0 Å². The van der Waals surface area contributed by atoms with Gasteiger partial charge in [-0.15, -0.1) is 0 Å². The number of aryl methyl sites for hydroxylation is 1. The molecule has 1 atom stereocenters. The summed E-state index contributed by atoms with van der Waals surface area (Å²) < 4.78 is 5.00. The summed E-state index contributed by atoms with van der Waals surface area (Å²) in [5.74, 6) is -0.345. The molecule has 0 aliphatic rings. The quantitative estimate of drug-likeness (QED) is 0.793. The van der Waals surface area contributed by atoms with Crippen LogP contribution in [0.4, 0.5) is 10.5 Å². The number of carbonyl (C=O) groups is 2. The number of ether oxygens (including phenoxy) is 1. The van der Waals surface area contributed by atoms with Gasteiger partial charge in [0.2, 0.25) is 0 Å². The maximum atomic E-state index is 12.2. The van der Waals surface area contributed by atoms with Crippen LogP contribution in [0.3, 0.4) is 0 Å². The Hall–Kier alpha value is -2.82. The van der Waals surface area contributed by atoms with Crippen LogP contribution in [0.25, 0.3) is 0 Å². The van der Waals surface area contributed by atoms with Gasteiger partial charge >= 0.3 is 12.0 Å². The third kappa shape index (κ3) is 5.43. The molecular weight excluding hydrogens is 304 g/mol. The molecular formula is C19H22N2O3.